The van der Waals surface area contributed by atoms with E-state index in [1.54, 1.807) is 0 Å². The van der Waals surface area contributed by atoms with Gasteiger partial charge in [-0.3, -0.25) is 9.59 Å². The van der Waals surface area contributed by atoms with Crippen molar-refractivity contribution in [1.29, 1.82) is 0 Å². The smallest absolute Gasteiger partial charge is 0.306 e. The van der Waals surface area contributed by atoms with Crippen LogP contribution >= 0.6 is 0 Å². The van der Waals surface area contributed by atoms with Crippen LogP contribution in [0.3, 0.4) is 0 Å². The fraction of sp³-hybridized carbons (Fsp3) is 0.544. The molecule has 430 valence electrons. The minimum absolute atomic E-state index is 0.128. The molecular formula is C68H105NO8. The monoisotopic (exact) mass is 1060 g/mol. The van der Waals surface area contributed by atoms with Crippen LogP contribution in [0.5, 0.6) is 0 Å². The zero-order valence-corrected chi connectivity index (χ0v) is 48.7. The fourth-order valence-electron chi connectivity index (χ4n) is 7.02. The molecule has 9 nitrogen and oxygen atoms in total. The first-order valence-electron chi connectivity index (χ1n) is 29.3. The van der Waals surface area contributed by atoms with Crippen LogP contribution in [0.25, 0.3) is 0 Å². The summed E-state index contributed by atoms with van der Waals surface area (Å²) < 4.78 is 22.6. The Morgan fingerprint density at radius 2 is 0.701 bits per heavy atom. The number of allylic oxidation sites excluding steroid dienone is 28. The molecule has 0 heterocycles. The molecule has 0 aliphatic carbocycles. The number of likely N-dealkylation sites (N-methyl/N-ethyl adjacent to an activating group) is 1. The van der Waals surface area contributed by atoms with Crippen molar-refractivity contribution in [2.75, 3.05) is 47.5 Å². The van der Waals surface area contributed by atoms with Gasteiger partial charge in [-0.2, -0.15) is 0 Å². The van der Waals surface area contributed by atoms with E-state index in [1.165, 1.54) is 0 Å². The molecule has 0 rings (SSSR count). The second kappa shape index (κ2) is 56.8. The lowest BCUT2D eigenvalue weighted by atomic mass is 10.1. The van der Waals surface area contributed by atoms with Crippen molar-refractivity contribution >= 4 is 17.9 Å². The van der Waals surface area contributed by atoms with E-state index in [0.717, 1.165) is 141 Å². The van der Waals surface area contributed by atoms with Crippen molar-refractivity contribution in [1.82, 2.24) is 0 Å². The molecule has 77 heavy (non-hydrogen) atoms. The van der Waals surface area contributed by atoms with Crippen molar-refractivity contribution in [3.63, 3.8) is 0 Å². The van der Waals surface area contributed by atoms with Crippen molar-refractivity contribution in [2.45, 2.75) is 193 Å². The van der Waals surface area contributed by atoms with Gasteiger partial charge in [0.2, 0.25) is 0 Å². The average Bonchev–Trinajstić information content (AvgIpc) is 3.40. The highest BCUT2D eigenvalue weighted by Crippen LogP contribution is 2.12. The molecule has 0 fully saturated rings. The number of unbranched alkanes of at least 4 members (excludes halogenated alkanes) is 8. The molecule has 0 saturated carbocycles. The van der Waals surface area contributed by atoms with Crippen LogP contribution in [0.4, 0.5) is 0 Å². The highest BCUT2D eigenvalue weighted by Gasteiger charge is 2.22. The highest BCUT2D eigenvalue weighted by atomic mass is 16.7. The molecule has 0 aromatic heterocycles. The van der Waals surface area contributed by atoms with E-state index < -0.39 is 30.3 Å². The van der Waals surface area contributed by atoms with Crippen molar-refractivity contribution in [2.24, 2.45) is 0 Å². The van der Waals surface area contributed by atoms with Gasteiger partial charge in [-0.15, -0.1) is 0 Å². The quantitative estimate of drug-likeness (QED) is 0.0195. The number of quaternary nitrogens is 1. The van der Waals surface area contributed by atoms with Gasteiger partial charge in [-0.25, -0.2) is 0 Å². The predicted octanol–water partition coefficient (Wildman–Crippen LogP) is 16.2. The predicted molar refractivity (Wildman–Crippen MR) is 324 cm³/mol. The van der Waals surface area contributed by atoms with E-state index in [0.29, 0.717) is 23.9 Å². The first kappa shape index (κ1) is 71.7. The minimum atomic E-state index is -1.65. The molecule has 2 atom stereocenters. The minimum Gasteiger partial charge on any atom is -0.545 e. The van der Waals surface area contributed by atoms with Gasteiger partial charge in [0.25, 0.3) is 0 Å². The summed E-state index contributed by atoms with van der Waals surface area (Å²) in [6, 6.07) is 0. The summed E-state index contributed by atoms with van der Waals surface area (Å²) in [5.41, 5.74) is 0. The second-order valence-corrected chi connectivity index (χ2v) is 19.8. The molecule has 0 aromatic rings. The Balaban J connectivity index is 4.33. The van der Waals surface area contributed by atoms with Crippen LogP contribution in [0.15, 0.2) is 170 Å². The zero-order chi connectivity index (χ0) is 56.2. The lowest BCUT2D eigenvalue weighted by Gasteiger charge is -2.26. The Hall–Kier alpha value is -5.35. The molecule has 0 N–H and O–H groups in total. The van der Waals surface area contributed by atoms with Crippen LogP contribution in [0.2, 0.25) is 0 Å². The van der Waals surface area contributed by atoms with E-state index in [2.05, 4.69) is 184 Å². The number of hydrogen-bond donors (Lipinski definition) is 0. The highest BCUT2D eigenvalue weighted by molar-refractivity contribution is 5.70. The number of aliphatic carboxylic acids is 1. The number of ether oxygens (including phenoxy) is 4. The van der Waals surface area contributed by atoms with Gasteiger partial charge in [-0.1, -0.05) is 210 Å². The lowest BCUT2D eigenvalue weighted by Crippen LogP contribution is -2.44. The Labute approximate surface area is 469 Å². The number of nitrogens with zero attached hydrogens (tertiary/aromatic N) is 1. The Kier molecular flexibility index (Phi) is 52.9. The zero-order valence-electron chi connectivity index (χ0n) is 48.7. The Bertz CT molecular complexity index is 1860. The van der Waals surface area contributed by atoms with Gasteiger partial charge in [0.05, 0.1) is 40.3 Å². The maximum absolute atomic E-state index is 12.8. The second-order valence-electron chi connectivity index (χ2n) is 19.8. The third-order valence-corrected chi connectivity index (χ3v) is 11.5. The maximum Gasteiger partial charge on any atom is 0.306 e. The molecule has 0 aliphatic heterocycles. The summed E-state index contributed by atoms with van der Waals surface area (Å²) >= 11 is 0. The topological polar surface area (TPSA) is 111 Å². The number of carbonyl (C=O) groups excluding carboxylic acids is 3. The number of esters is 2. The first-order chi connectivity index (χ1) is 37.6. The van der Waals surface area contributed by atoms with Crippen LogP contribution in [-0.2, 0) is 33.3 Å². The number of carboxylic acids is 1. The van der Waals surface area contributed by atoms with E-state index in [4.69, 9.17) is 18.9 Å². The van der Waals surface area contributed by atoms with E-state index in [9.17, 15) is 19.5 Å². The molecule has 0 aromatic carbocycles. The van der Waals surface area contributed by atoms with Crippen LogP contribution < -0.4 is 5.11 Å². The van der Waals surface area contributed by atoms with E-state index >= 15 is 0 Å². The number of rotatable bonds is 51. The lowest BCUT2D eigenvalue weighted by molar-refractivity contribution is -0.870. The summed E-state index contributed by atoms with van der Waals surface area (Å²) in [6.07, 6.45) is 82.7. The molecule has 0 spiro atoms. The van der Waals surface area contributed by atoms with Crippen molar-refractivity contribution < 1.29 is 42.9 Å². The third kappa shape index (κ3) is 58.2. The summed E-state index contributed by atoms with van der Waals surface area (Å²) in [7, 11) is 5.88. The van der Waals surface area contributed by atoms with Crippen molar-refractivity contribution in [3.05, 3.63) is 170 Å². The van der Waals surface area contributed by atoms with Gasteiger partial charge in [-0.05, 0) is 128 Å². The van der Waals surface area contributed by atoms with Crippen LogP contribution in [0, 0.1) is 0 Å². The van der Waals surface area contributed by atoms with Gasteiger partial charge in [0.15, 0.2) is 12.4 Å². The summed E-state index contributed by atoms with van der Waals surface area (Å²) in [6.45, 7) is 4.42. The molecule has 0 aliphatic rings. The maximum atomic E-state index is 12.8. The van der Waals surface area contributed by atoms with Gasteiger partial charge < -0.3 is 33.3 Å². The summed E-state index contributed by atoms with van der Waals surface area (Å²) in [4.78, 5) is 37.2. The van der Waals surface area contributed by atoms with E-state index in [1.807, 2.05) is 21.1 Å². The number of carboxylic acid groups (broad SMARTS) is 1. The average molecular weight is 1060 g/mol. The third-order valence-electron chi connectivity index (χ3n) is 11.5. The van der Waals surface area contributed by atoms with Gasteiger partial charge in [0.1, 0.15) is 13.2 Å². The van der Waals surface area contributed by atoms with Crippen LogP contribution in [-0.4, -0.2) is 82.3 Å². The standard InChI is InChI=1S/C68H105NO8/c1-6-8-10-12-14-16-18-20-22-23-24-25-26-27-28-29-30-31-32-33-34-35-36-37-38-39-40-41-42-43-45-47-49-51-53-55-57-59-66(71)77-64(63-76-68(67(72)73)74-61-60-69(3,4)5)62-75-65(70)58-56-54-52-50-48-46-44-21-19-17-15-13-11-9-7-2/h8-11,14-17,20-22,24-25,27-28,30-31,33-34,36-37,39-40,42-44,47,49,64,68H,6-7,12-13,18-19,23,26,29,32,35,38,41,45-46,48,50-63H2,1-5H3/b10-8-,11-9-,16-14-,17-15-,22-20-,25-24-,28-27-,31-30-,34-33-,37-36-,40-39-,43-42-,44-21-,49-47-. The molecule has 0 amide bonds. The fourth-order valence-corrected chi connectivity index (χ4v) is 7.02. The number of hydrogen-bond acceptors (Lipinski definition) is 8. The molecule has 9 heteroatoms. The summed E-state index contributed by atoms with van der Waals surface area (Å²) in [5.74, 6) is -2.38. The molecule has 0 bridgehead atoms. The Morgan fingerprint density at radius 3 is 1.05 bits per heavy atom. The molecule has 0 saturated heterocycles. The first-order valence-corrected chi connectivity index (χ1v) is 29.3. The number of carbonyl (C=O) groups is 3. The Morgan fingerprint density at radius 1 is 0.390 bits per heavy atom. The molecule has 2 unspecified atom stereocenters. The summed E-state index contributed by atoms with van der Waals surface area (Å²) in [5, 5.41) is 11.8. The molecule has 0 radical (unpaired) electrons. The SMILES string of the molecule is CC/C=C\C/C=C\C/C=C\C/C=C\C/C=C\C/C=C\C/C=C\C/C=C\C/C=C\C/C=C\C/C=C\CCCCCC(=O)OC(COC(=O)CCCCCCC/C=C\C/C=C\C/C=C\CC)COC(OCC[N+](C)(C)C)C(=O)[O-]. The molecular weight excluding hydrogens is 959 g/mol. The van der Waals surface area contributed by atoms with Crippen molar-refractivity contribution in [3.8, 4) is 0 Å². The largest absolute Gasteiger partial charge is 0.545 e. The van der Waals surface area contributed by atoms with Gasteiger partial charge in [0, 0.05) is 12.8 Å². The normalized spacial score (nSPS) is 14.0. The van der Waals surface area contributed by atoms with E-state index in [-0.39, 0.29) is 32.7 Å². The van der Waals surface area contributed by atoms with Crippen LogP contribution in [0.1, 0.15) is 181 Å². The van der Waals surface area contributed by atoms with Gasteiger partial charge >= 0.3 is 11.9 Å².